The van der Waals surface area contributed by atoms with E-state index < -0.39 is 0 Å². The lowest BCUT2D eigenvalue weighted by Gasteiger charge is -2.32. The zero-order valence-corrected chi connectivity index (χ0v) is 12.6. The Morgan fingerprint density at radius 1 is 1.26 bits per heavy atom. The Morgan fingerprint density at radius 3 is 2.47 bits per heavy atom. The summed E-state index contributed by atoms with van der Waals surface area (Å²) in [7, 11) is 0. The summed E-state index contributed by atoms with van der Waals surface area (Å²) in [6.45, 7) is 7.50. The standard InChI is InChI=1S/C16H30N2O/c1-13(2)11-16(7-3-4-8-16)12-18-15(19)14-5-9-17-10-6-14/h13-14,17H,3-12H2,1-2H3,(H,18,19). The van der Waals surface area contributed by atoms with Crippen molar-refractivity contribution in [2.45, 2.75) is 58.8 Å². The number of hydrogen-bond acceptors (Lipinski definition) is 2. The van der Waals surface area contributed by atoms with Gasteiger partial charge in [0.2, 0.25) is 5.91 Å². The summed E-state index contributed by atoms with van der Waals surface area (Å²) in [6.07, 6.45) is 8.56. The smallest absolute Gasteiger partial charge is 0.223 e. The Labute approximate surface area is 117 Å². The molecular formula is C16H30N2O. The molecule has 0 aromatic carbocycles. The molecule has 1 saturated heterocycles. The molecule has 0 unspecified atom stereocenters. The van der Waals surface area contributed by atoms with Gasteiger partial charge in [-0.3, -0.25) is 4.79 Å². The molecule has 0 spiro atoms. The average molecular weight is 266 g/mol. The number of hydrogen-bond donors (Lipinski definition) is 2. The first-order valence-corrected chi connectivity index (χ1v) is 8.10. The molecule has 1 aliphatic heterocycles. The van der Waals surface area contributed by atoms with Gasteiger partial charge in [-0.2, -0.15) is 0 Å². The molecule has 110 valence electrons. The van der Waals surface area contributed by atoms with Crippen molar-refractivity contribution in [1.82, 2.24) is 10.6 Å². The molecule has 2 N–H and O–H groups in total. The molecule has 0 radical (unpaired) electrons. The Bertz CT molecular complexity index is 289. The van der Waals surface area contributed by atoms with Gasteiger partial charge >= 0.3 is 0 Å². The van der Waals surface area contributed by atoms with Gasteiger partial charge in [-0.25, -0.2) is 0 Å². The van der Waals surface area contributed by atoms with Crippen molar-refractivity contribution in [3.8, 4) is 0 Å². The first kappa shape index (κ1) is 14.8. The van der Waals surface area contributed by atoms with Crippen LogP contribution in [-0.4, -0.2) is 25.5 Å². The minimum atomic E-state index is 0.249. The van der Waals surface area contributed by atoms with Crippen molar-refractivity contribution in [2.24, 2.45) is 17.3 Å². The number of piperidine rings is 1. The average Bonchev–Trinajstić information content (AvgIpc) is 2.85. The summed E-state index contributed by atoms with van der Waals surface area (Å²) >= 11 is 0. The van der Waals surface area contributed by atoms with Crippen LogP contribution in [0.1, 0.15) is 58.8 Å². The summed E-state index contributed by atoms with van der Waals surface area (Å²) in [4.78, 5) is 12.2. The van der Waals surface area contributed by atoms with Crippen LogP contribution in [0.4, 0.5) is 0 Å². The highest BCUT2D eigenvalue weighted by atomic mass is 16.1. The zero-order valence-electron chi connectivity index (χ0n) is 12.6. The normalized spacial score (nSPS) is 23.7. The molecule has 0 bridgehead atoms. The third-order valence-corrected chi connectivity index (χ3v) is 4.85. The minimum absolute atomic E-state index is 0.249. The Kier molecular flexibility index (Phi) is 5.26. The van der Waals surface area contributed by atoms with Crippen molar-refractivity contribution < 1.29 is 4.79 Å². The topological polar surface area (TPSA) is 41.1 Å². The van der Waals surface area contributed by atoms with Gasteiger partial charge in [-0.1, -0.05) is 26.7 Å². The van der Waals surface area contributed by atoms with Crippen LogP contribution in [0.3, 0.4) is 0 Å². The fraction of sp³-hybridized carbons (Fsp3) is 0.938. The first-order chi connectivity index (χ1) is 9.11. The molecule has 0 aromatic heterocycles. The largest absolute Gasteiger partial charge is 0.355 e. The van der Waals surface area contributed by atoms with E-state index in [-0.39, 0.29) is 5.92 Å². The number of carbonyl (C=O) groups is 1. The predicted molar refractivity (Wildman–Crippen MR) is 79.0 cm³/mol. The highest BCUT2D eigenvalue weighted by Gasteiger charge is 2.35. The summed E-state index contributed by atoms with van der Waals surface area (Å²) < 4.78 is 0. The first-order valence-electron chi connectivity index (χ1n) is 8.10. The van der Waals surface area contributed by atoms with E-state index in [1.54, 1.807) is 0 Å². The van der Waals surface area contributed by atoms with Gasteiger partial charge in [0.25, 0.3) is 0 Å². The molecule has 0 aromatic rings. The lowest BCUT2D eigenvalue weighted by Crippen LogP contribution is -2.42. The maximum atomic E-state index is 12.2. The van der Waals surface area contributed by atoms with Gasteiger partial charge in [-0.05, 0) is 56.5 Å². The molecule has 19 heavy (non-hydrogen) atoms. The van der Waals surface area contributed by atoms with E-state index in [0.717, 1.165) is 38.4 Å². The molecule has 1 saturated carbocycles. The Balaban J connectivity index is 1.82. The lowest BCUT2D eigenvalue weighted by atomic mass is 9.78. The third kappa shape index (κ3) is 4.20. The highest BCUT2D eigenvalue weighted by Crippen LogP contribution is 2.42. The van der Waals surface area contributed by atoms with Crippen LogP contribution in [0.15, 0.2) is 0 Å². The molecule has 1 aliphatic carbocycles. The van der Waals surface area contributed by atoms with Crippen molar-refractivity contribution in [3.63, 3.8) is 0 Å². The van der Waals surface area contributed by atoms with Crippen LogP contribution in [-0.2, 0) is 4.79 Å². The molecule has 1 heterocycles. The van der Waals surface area contributed by atoms with Crippen molar-refractivity contribution >= 4 is 5.91 Å². The van der Waals surface area contributed by atoms with E-state index in [1.807, 2.05) is 0 Å². The van der Waals surface area contributed by atoms with Crippen LogP contribution in [0.25, 0.3) is 0 Å². The molecular weight excluding hydrogens is 236 g/mol. The number of nitrogens with one attached hydrogen (secondary N) is 2. The number of rotatable bonds is 5. The maximum Gasteiger partial charge on any atom is 0.223 e. The van der Waals surface area contributed by atoms with E-state index >= 15 is 0 Å². The second-order valence-electron chi connectivity index (χ2n) is 7.05. The van der Waals surface area contributed by atoms with Gasteiger partial charge in [-0.15, -0.1) is 0 Å². The summed E-state index contributed by atoms with van der Waals surface area (Å²) in [5.74, 6) is 1.28. The van der Waals surface area contributed by atoms with Crippen LogP contribution in [0.5, 0.6) is 0 Å². The number of carbonyl (C=O) groups excluding carboxylic acids is 1. The minimum Gasteiger partial charge on any atom is -0.355 e. The van der Waals surface area contributed by atoms with Crippen molar-refractivity contribution in [3.05, 3.63) is 0 Å². The second kappa shape index (κ2) is 6.74. The molecule has 3 nitrogen and oxygen atoms in total. The molecule has 0 atom stereocenters. The number of amides is 1. The van der Waals surface area contributed by atoms with Crippen molar-refractivity contribution in [2.75, 3.05) is 19.6 Å². The van der Waals surface area contributed by atoms with E-state index in [4.69, 9.17) is 0 Å². The third-order valence-electron chi connectivity index (χ3n) is 4.85. The van der Waals surface area contributed by atoms with Crippen LogP contribution in [0.2, 0.25) is 0 Å². The Hall–Kier alpha value is -0.570. The van der Waals surface area contributed by atoms with E-state index in [1.165, 1.54) is 32.1 Å². The fourth-order valence-electron chi connectivity index (χ4n) is 3.95. The second-order valence-corrected chi connectivity index (χ2v) is 7.05. The van der Waals surface area contributed by atoms with Gasteiger partial charge in [0.05, 0.1) is 0 Å². The molecule has 2 aliphatic rings. The predicted octanol–water partition coefficient (Wildman–Crippen LogP) is 2.71. The van der Waals surface area contributed by atoms with Gasteiger partial charge in [0.15, 0.2) is 0 Å². The fourth-order valence-corrected chi connectivity index (χ4v) is 3.95. The van der Waals surface area contributed by atoms with Gasteiger partial charge in [0, 0.05) is 12.5 Å². The van der Waals surface area contributed by atoms with Crippen LogP contribution in [0, 0.1) is 17.3 Å². The van der Waals surface area contributed by atoms with Gasteiger partial charge < -0.3 is 10.6 Å². The van der Waals surface area contributed by atoms with Crippen LogP contribution >= 0.6 is 0 Å². The summed E-state index contributed by atoms with van der Waals surface area (Å²) in [6, 6.07) is 0. The van der Waals surface area contributed by atoms with E-state index in [9.17, 15) is 4.79 Å². The lowest BCUT2D eigenvalue weighted by molar-refractivity contribution is -0.126. The quantitative estimate of drug-likeness (QED) is 0.803. The van der Waals surface area contributed by atoms with Crippen LogP contribution < -0.4 is 10.6 Å². The summed E-state index contributed by atoms with van der Waals surface area (Å²) in [5.41, 5.74) is 0.400. The zero-order chi connectivity index (χ0) is 13.7. The van der Waals surface area contributed by atoms with E-state index in [0.29, 0.717) is 11.3 Å². The van der Waals surface area contributed by atoms with Gasteiger partial charge in [0.1, 0.15) is 0 Å². The maximum absolute atomic E-state index is 12.2. The molecule has 2 fully saturated rings. The molecule has 3 heteroatoms. The van der Waals surface area contributed by atoms with E-state index in [2.05, 4.69) is 24.5 Å². The Morgan fingerprint density at radius 2 is 1.89 bits per heavy atom. The molecule has 2 rings (SSSR count). The van der Waals surface area contributed by atoms with Crippen molar-refractivity contribution in [1.29, 1.82) is 0 Å². The summed E-state index contributed by atoms with van der Waals surface area (Å²) in [5, 5.41) is 6.59. The SMILES string of the molecule is CC(C)CC1(CNC(=O)C2CCNCC2)CCCC1. The monoisotopic (exact) mass is 266 g/mol. The highest BCUT2D eigenvalue weighted by molar-refractivity contribution is 5.78. The molecule has 1 amide bonds.